The molecule has 0 amide bonds. The molecule has 2 atom stereocenters. The van der Waals surface area contributed by atoms with Crippen LogP contribution in [0.15, 0.2) is 17.1 Å². The Morgan fingerprint density at radius 1 is 1.30 bits per heavy atom. The van der Waals surface area contributed by atoms with Crippen molar-refractivity contribution in [2.45, 2.75) is 82.3 Å². The Bertz CT molecular complexity index is 973. The summed E-state index contributed by atoms with van der Waals surface area (Å²) < 4.78 is 31.4. The predicted molar refractivity (Wildman–Crippen MR) is 106 cm³/mol. The largest absolute Gasteiger partial charge is 0.429 e. The van der Waals surface area contributed by atoms with Crippen LogP contribution in [0.4, 0.5) is 14.7 Å². The van der Waals surface area contributed by atoms with Crippen molar-refractivity contribution in [3.8, 4) is 5.75 Å². The van der Waals surface area contributed by atoms with E-state index in [1.165, 1.54) is 16.8 Å². The number of rotatable bonds is 5. The molecule has 8 nitrogen and oxygen atoms in total. The van der Waals surface area contributed by atoms with Crippen LogP contribution in [0.1, 0.15) is 57.9 Å². The third-order valence-electron chi connectivity index (χ3n) is 6.18. The van der Waals surface area contributed by atoms with Crippen molar-refractivity contribution in [2.75, 3.05) is 5.32 Å². The number of aliphatic hydroxyl groups excluding tert-OH is 1. The summed E-state index contributed by atoms with van der Waals surface area (Å²) in [5.74, 6) is -0.178. The number of halogens is 2. The molecule has 0 aromatic carbocycles. The zero-order valence-corrected chi connectivity index (χ0v) is 16.7. The lowest BCUT2D eigenvalue weighted by molar-refractivity contribution is -0.0513. The van der Waals surface area contributed by atoms with Gasteiger partial charge in [-0.25, -0.2) is 4.98 Å². The van der Waals surface area contributed by atoms with Crippen molar-refractivity contribution in [2.24, 2.45) is 0 Å². The summed E-state index contributed by atoms with van der Waals surface area (Å²) in [6.45, 7) is -1.51. The lowest BCUT2D eigenvalue weighted by atomic mass is 9.93. The van der Waals surface area contributed by atoms with Gasteiger partial charge in [-0.3, -0.25) is 9.36 Å². The van der Waals surface area contributed by atoms with E-state index in [0.717, 1.165) is 12.8 Å². The summed E-state index contributed by atoms with van der Waals surface area (Å²) in [6, 6.07) is 0.702. The van der Waals surface area contributed by atoms with E-state index in [2.05, 4.69) is 20.0 Å². The summed E-state index contributed by atoms with van der Waals surface area (Å²) in [5, 5.41) is 24.1. The second-order valence-corrected chi connectivity index (χ2v) is 8.45. The molecule has 0 unspecified atom stereocenters. The summed E-state index contributed by atoms with van der Waals surface area (Å²) in [4.78, 5) is 21.8. The minimum atomic E-state index is -3.14. The maximum absolute atomic E-state index is 13.0. The van der Waals surface area contributed by atoms with Crippen molar-refractivity contribution in [3.05, 3.63) is 22.6 Å². The van der Waals surface area contributed by atoms with Crippen LogP contribution in [0.25, 0.3) is 11.0 Å². The molecule has 2 aliphatic carbocycles. The zero-order chi connectivity index (χ0) is 21.5. The number of hydrogen-bond acceptors (Lipinski definition) is 7. The number of nitrogens with one attached hydrogen (secondary N) is 1. The van der Waals surface area contributed by atoms with E-state index in [1.54, 1.807) is 6.92 Å². The number of fused-ring (bicyclic) bond motifs is 1. The van der Waals surface area contributed by atoms with Gasteiger partial charge in [-0.2, -0.15) is 13.8 Å². The summed E-state index contributed by atoms with van der Waals surface area (Å²) in [7, 11) is 0. The molecular weight excluding hydrogens is 398 g/mol. The standard InChI is InChI=1S/C20H26F2N4O4/c1-20(29)8-2-3-15(20)26-16-11(9-14(17(26)28)30-18(21)22)10-23-19(25-16)24-12-4-6-13(27)7-5-12/h9-10,12-13,15,18,27,29H,2-8H2,1H3,(H,23,24,25)/t12?,13?,15-,20-/m1/s1. The molecule has 2 aliphatic rings. The fourth-order valence-corrected chi connectivity index (χ4v) is 4.57. The first-order valence-electron chi connectivity index (χ1n) is 10.3. The first-order valence-corrected chi connectivity index (χ1v) is 10.3. The Hall–Kier alpha value is -2.33. The van der Waals surface area contributed by atoms with Crippen molar-refractivity contribution in [1.29, 1.82) is 0 Å². The number of pyridine rings is 1. The van der Waals surface area contributed by atoms with Crippen LogP contribution in [0.2, 0.25) is 0 Å². The van der Waals surface area contributed by atoms with Crippen molar-refractivity contribution in [1.82, 2.24) is 14.5 Å². The molecule has 0 bridgehead atoms. The molecule has 0 aliphatic heterocycles. The van der Waals surface area contributed by atoms with Crippen LogP contribution in [-0.2, 0) is 0 Å². The van der Waals surface area contributed by atoms with Crippen LogP contribution in [0.3, 0.4) is 0 Å². The van der Waals surface area contributed by atoms with Gasteiger partial charge in [-0.15, -0.1) is 0 Å². The Morgan fingerprint density at radius 3 is 2.67 bits per heavy atom. The molecule has 2 aromatic rings. The number of anilines is 1. The lowest BCUT2D eigenvalue weighted by Crippen LogP contribution is -2.38. The van der Waals surface area contributed by atoms with E-state index >= 15 is 0 Å². The van der Waals surface area contributed by atoms with Gasteiger partial charge in [0.05, 0.1) is 17.7 Å². The Kier molecular flexibility index (Phi) is 5.63. The van der Waals surface area contributed by atoms with Crippen LogP contribution in [0.5, 0.6) is 5.75 Å². The van der Waals surface area contributed by atoms with Gasteiger partial charge < -0.3 is 20.3 Å². The SMILES string of the molecule is C[C@@]1(O)CCC[C@H]1n1c(=O)c(OC(F)F)cc2cnc(NC3CCC(O)CC3)nc21. The van der Waals surface area contributed by atoms with E-state index in [9.17, 15) is 23.8 Å². The fourth-order valence-electron chi connectivity index (χ4n) is 4.57. The molecular formula is C20H26F2N4O4. The van der Waals surface area contributed by atoms with Crippen LogP contribution in [-0.4, -0.2) is 49.1 Å². The predicted octanol–water partition coefficient (Wildman–Crippen LogP) is 2.58. The van der Waals surface area contributed by atoms with Gasteiger partial charge in [0.1, 0.15) is 5.65 Å². The molecule has 164 valence electrons. The zero-order valence-electron chi connectivity index (χ0n) is 16.7. The number of nitrogens with zero attached hydrogens (tertiary/aromatic N) is 3. The normalized spacial score (nSPS) is 29.5. The van der Waals surface area contributed by atoms with Gasteiger partial charge in [-0.05, 0) is 57.9 Å². The number of alkyl halides is 2. The smallest absolute Gasteiger partial charge is 0.387 e. The van der Waals surface area contributed by atoms with Crippen LogP contribution < -0.4 is 15.6 Å². The van der Waals surface area contributed by atoms with Crippen molar-refractivity contribution in [3.63, 3.8) is 0 Å². The van der Waals surface area contributed by atoms with Crippen LogP contribution in [0, 0.1) is 0 Å². The first-order chi connectivity index (χ1) is 14.2. The average molecular weight is 424 g/mol. The molecule has 0 saturated heterocycles. The average Bonchev–Trinajstić information content (AvgIpc) is 3.03. The van der Waals surface area contributed by atoms with Gasteiger partial charge in [0.2, 0.25) is 5.95 Å². The maximum atomic E-state index is 13.0. The van der Waals surface area contributed by atoms with Gasteiger partial charge in [-0.1, -0.05) is 0 Å². The molecule has 3 N–H and O–H groups in total. The molecule has 2 saturated carbocycles. The van der Waals surface area contributed by atoms with Gasteiger partial charge in [0.25, 0.3) is 5.56 Å². The summed E-state index contributed by atoms with van der Waals surface area (Å²) in [5.41, 5.74) is -1.65. The Labute approximate surface area is 171 Å². The van der Waals surface area contributed by atoms with Crippen molar-refractivity contribution < 1.29 is 23.7 Å². The highest BCUT2D eigenvalue weighted by Crippen LogP contribution is 2.40. The number of ether oxygens (including phenoxy) is 1. The van der Waals surface area contributed by atoms with E-state index in [-0.39, 0.29) is 17.8 Å². The van der Waals surface area contributed by atoms with Gasteiger partial charge in [0.15, 0.2) is 5.75 Å². The second kappa shape index (κ2) is 8.07. The highest BCUT2D eigenvalue weighted by atomic mass is 19.3. The Morgan fingerprint density at radius 2 is 2.03 bits per heavy atom. The molecule has 2 heterocycles. The van der Waals surface area contributed by atoms with Crippen molar-refractivity contribution >= 4 is 17.0 Å². The highest BCUT2D eigenvalue weighted by molar-refractivity contribution is 5.77. The monoisotopic (exact) mass is 424 g/mol. The third-order valence-corrected chi connectivity index (χ3v) is 6.18. The minimum absolute atomic E-state index is 0.0991. The highest BCUT2D eigenvalue weighted by Gasteiger charge is 2.40. The first kappa shape index (κ1) is 20.9. The second-order valence-electron chi connectivity index (χ2n) is 8.45. The Balaban J connectivity index is 1.77. The molecule has 0 spiro atoms. The van der Waals surface area contributed by atoms with Gasteiger partial charge >= 0.3 is 6.61 Å². The number of hydrogen-bond donors (Lipinski definition) is 3. The van der Waals surface area contributed by atoms with E-state index < -0.39 is 29.6 Å². The van der Waals surface area contributed by atoms with E-state index in [4.69, 9.17) is 0 Å². The van der Waals surface area contributed by atoms with E-state index in [0.29, 0.717) is 43.4 Å². The molecule has 30 heavy (non-hydrogen) atoms. The molecule has 2 fully saturated rings. The van der Waals surface area contributed by atoms with E-state index in [1.807, 2.05) is 0 Å². The third kappa shape index (κ3) is 4.11. The lowest BCUT2D eigenvalue weighted by Gasteiger charge is -2.29. The summed E-state index contributed by atoms with van der Waals surface area (Å²) in [6.07, 6.45) is 5.81. The quantitative estimate of drug-likeness (QED) is 0.677. The van der Waals surface area contributed by atoms with Gasteiger partial charge in [0, 0.05) is 17.6 Å². The topological polar surface area (TPSA) is 110 Å². The minimum Gasteiger partial charge on any atom is -0.429 e. The fraction of sp³-hybridized carbons (Fsp3) is 0.650. The molecule has 10 heteroatoms. The molecule has 2 aromatic heterocycles. The number of aliphatic hydroxyl groups is 2. The summed E-state index contributed by atoms with van der Waals surface area (Å²) >= 11 is 0. The van der Waals surface area contributed by atoms with Crippen LogP contribution >= 0.6 is 0 Å². The molecule has 4 rings (SSSR count). The number of aromatic nitrogens is 3. The molecule has 0 radical (unpaired) electrons. The maximum Gasteiger partial charge on any atom is 0.387 e.